The van der Waals surface area contributed by atoms with Gasteiger partial charge in [0.1, 0.15) is 22.3 Å². The molecular formula is C62H55BN2O2. The number of benzene rings is 8. The molecule has 2 aromatic heterocycles. The van der Waals surface area contributed by atoms with Gasteiger partial charge in [-0.05, 0) is 134 Å². The summed E-state index contributed by atoms with van der Waals surface area (Å²) in [5, 5.41) is 4.59. The van der Waals surface area contributed by atoms with Gasteiger partial charge in [-0.1, -0.05) is 146 Å². The molecule has 4 heterocycles. The summed E-state index contributed by atoms with van der Waals surface area (Å²) in [5.74, 6) is 0. The van der Waals surface area contributed by atoms with Gasteiger partial charge < -0.3 is 18.6 Å². The average Bonchev–Trinajstić information content (AvgIpc) is 3.89. The minimum atomic E-state index is -0.0308. The van der Waals surface area contributed by atoms with E-state index in [2.05, 4.69) is 211 Å². The largest absolute Gasteiger partial charge is 0.456 e. The summed E-state index contributed by atoms with van der Waals surface area (Å²) in [5.41, 5.74) is 23.1. The van der Waals surface area contributed by atoms with Crippen LogP contribution in [0, 0.1) is 6.92 Å². The van der Waals surface area contributed by atoms with E-state index in [1.807, 2.05) is 6.07 Å². The zero-order valence-electron chi connectivity index (χ0n) is 39.8. The summed E-state index contributed by atoms with van der Waals surface area (Å²) in [7, 11) is 0. The van der Waals surface area contributed by atoms with Crippen molar-refractivity contribution in [2.24, 2.45) is 0 Å². The van der Waals surface area contributed by atoms with E-state index in [1.54, 1.807) is 0 Å². The van der Waals surface area contributed by atoms with Crippen LogP contribution in [-0.2, 0) is 22.8 Å². The van der Waals surface area contributed by atoms with Gasteiger partial charge in [-0.3, -0.25) is 0 Å². The lowest BCUT2D eigenvalue weighted by Crippen LogP contribution is -2.62. The summed E-state index contributed by atoms with van der Waals surface area (Å²) in [6.45, 7) is 19.9. The SMILES string of the molecule is Cc1cc2c3c(c1)N(c1ccc4c(c1)oc1ccccc14)c1ccc(C(C)(C)C)cc1B3c1cc3c(cc1N2Cc1ccc(-c2cccc4c2oc2ccccc24)cc1)C(C)(C)CCC3(C)C. The zero-order valence-corrected chi connectivity index (χ0v) is 39.8. The van der Waals surface area contributed by atoms with Crippen molar-refractivity contribution in [2.75, 3.05) is 9.80 Å². The molecule has 5 heteroatoms. The van der Waals surface area contributed by atoms with Gasteiger partial charge >= 0.3 is 0 Å². The molecular weight excluding hydrogens is 816 g/mol. The Bertz CT molecular complexity index is 3690. The first-order valence-corrected chi connectivity index (χ1v) is 24.2. The highest BCUT2D eigenvalue weighted by molar-refractivity contribution is 7.00. The van der Waals surface area contributed by atoms with E-state index >= 15 is 0 Å². The number of aryl methyl sites for hydroxylation is 1. The molecule has 0 radical (unpaired) electrons. The minimum Gasteiger partial charge on any atom is -0.456 e. The number of para-hydroxylation sites is 3. The quantitative estimate of drug-likeness (QED) is 0.165. The van der Waals surface area contributed by atoms with Crippen molar-refractivity contribution in [2.45, 2.75) is 91.0 Å². The van der Waals surface area contributed by atoms with Gasteiger partial charge in [-0.15, -0.1) is 0 Å². The Labute approximate surface area is 393 Å². The second-order valence-corrected chi connectivity index (χ2v) is 22.1. The van der Waals surface area contributed by atoms with E-state index in [9.17, 15) is 0 Å². The maximum Gasteiger partial charge on any atom is 0.252 e. The van der Waals surface area contributed by atoms with Crippen LogP contribution in [0.25, 0.3) is 55.0 Å². The second-order valence-electron chi connectivity index (χ2n) is 22.1. The summed E-state index contributed by atoms with van der Waals surface area (Å²) in [6.07, 6.45) is 2.33. The van der Waals surface area contributed by atoms with E-state index in [-0.39, 0.29) is 23.0 Å². The molecule has 0 saturated heterocycles. The van der Waals surface area contributed by atoms with Crippen LogP contribution in [0.1, 0.15) is 89.1 Å². The molecule has 13 rings (SSSR count). The first-order valence-electron chi connectivity index (χ1n) is 24.2. The van der Waals surface area contributed by atoms with Crippen LogP contribution in [0.3, 0.4) is 0 Å². The van der Waals surface area contributed by atoms with E-state index in [4.69, 9.17) is 8.83 Å². The molecule has 0 N–H and O–H groups in total. The van der Waals surface area contributed by atoms with E-state index in [1.165, 1.54) is 67.0 Å². The fourth-order valence-corrected chi connectivity index (χ4v) is 12.0. The van der Waals surface area contributed by atoms with Crippen LogP contribution >= 0.6 is 0 Å². The van der Waals surface area contributed by atoms with Crippen molar-refractivity contribution in [3.63, 3.8) is 0 Å². The zero-order chi connectivity index (χ0) is 45.7. The molecule has 328 valence electrons. The van der Waals surface area contributed by atoms with Gasteiger partial charge in [0.2, 0.25) is 0 Å². The maximum atomic E-state index is 6.57. The standard InChI is InChI=1S/C62H55BN2O2/c1-37-30-53-58-54(31-37)65(41-25-26-45-43-14-9-11-18-55(43)66-57(45)33-41)51-27-24-40(60(2,3)4)32-49(51)63(58)50-34-47-48(62(7,8)29-28-61(47,5)6)35-52(50)64(53)36-38-20-22-39(23-21-38)42-16-13-17-46-44-15-10-12-19-56(44)67-59(42)46/h9-27,30-35H,28-29,36H2,1-8H3. The van der Waals surface area contributed by atoms with Crippen molar-refractivity contribution in [3.8, 4) is 11.1 Å². The number of hydrogen-bond donors (Lipinski definition) is 0. The molecule has 0 fully saturated rings. The predicted molar refractivity (Wildman–Crippen MR) is 283 cm³/mol. The van der Waals surface area contributed by atoms with Crippen LogP contribution < -0.4 is 26.2 Å². The van der Waals surface area contributed by atoms with Gasteiger partial charge in [0.25, 0.3) is 6.71 Å². The van der Waals surface area contributed by atoms with Gasteiger partial charge in [0.15, 0.2) is 0 Å². The molecule has 4 nitrogen and oxygen atoms in total. The molecule has 0 saturated carbocycles. The van der Waals surface area contributed by atoms with Crippen molar-refractivity contribution >= 4 is 95.4 Å². The first kappa shape index (κ1) is 40.3. The molecule has 67 heavy (non-hydrogen) atoms. The first-order chi connectivity index (χ1) is 32.2. The van der Waals surface area contributed by atoms with Gasteiger partial charge in [0, 0.05) is 68.2 Å². The van der Waals surface area contributed by atoms with Crippen LogP contribution in [0.5, 0.6) is 0 Å². The Morgan fingerprint density at radius 3 is 1.94 bits per heavy atom. The molecule has 3 aliphatic rings. The Kier molecular flexibility index (Phi) is 8.44. The molecule has 0 atom stereocenters. The normalized spacial score (nSPS) is 15.9. The molecule has 0 bridgehead atoms. The molecule has 0 amide bonds. The predicted octanol–water partition coefficient (Wildman–Crippen LogP) is 15.1. The lowest BCUT2D eigenvalue weighted by Gasteiger charge is -2.47. The highest BCUT2D eigenvalue weighted by Crippen LogP contribution is 2.50. The maximum absolute atomic E-state index is 6.57. The monoisotopic (exact) mass is 870 g/mol. The summed E-state index contributed by atoms with van der Waals surface area (Å²) < 4.78 is 13.1. The smallest absolute Gasteiger partial charge is 0.252 e. The van der Waals surface area contributed by atoms with Gasteiger partial charge in [-0.25, -0.2) is 0 Å². The average molecular weight is 871 g/mol. The van der Waals surface area contributed by atoms with Crippen molar-refractivity contribution in [1.82, 2.24) is 0 Å². The summed E-state index contributed by atoms with van der Waals surface area (Å²) >= 11 is 0. The van der Waals surface area contributed by atoms with Crippen molar-refractivity contribution in [1.29, 1.82) is 0 Å². The molecule has 0 spiro atoms. The Balaban J connectivity index is 1.03. The third-order valence-electron chi connectivity index (χ3n) is 15.8. The Morgan fingerprint density at radius 1 is 0.552 bits per heavy atom. The van der Waals surface area contributed by atoms with Crippen LogP contribution in [0.15, 0.2) is 160 Å². The number of fused-ring (bicyclic) bond motifs is 11. The van der Waals surface area contributed by atoms with E-state index in [0.29, 0.717) is 0 Å². The summed E-state index contributed by atoms with van der Waals surface area (Å²) in [4.78, 5) is 5.18. The van der Waals surface area contributed by atoms with Crippen LogP contribution in [-0.4, -0.2) is 6.71 Å². The highest BCUT2D eigenvalue weighted by atomic mass is 16.3. The molecule has 10 aromatic rings. The van der Waals surface area contributed by atoms with Crippen molar-refractivity contribution < 1.29 is 8.83 Å². The summed E-state index contributed by atoms with van der Waals surface area (Å²) in [6, 6.07) is 56.7. The fraction of sp³-hybridized carbons (Fsp3) is 0.226. The molecule has 2 aliphatic heterocycles. The lowest BCUT2D eigenvalue weighted by atomic mass is 9.33. The number of hydrogen-bond acceptors (Lipinski definition) is 4. The number of anilines is 5. The number of nitrogens with zero attached hydrogens (tertiary/aromatic N) is 2. The minimum absolute atomic E-state index is 0.0308. The number of rotatable bonds is 4. The molecule has 8 aromatic carbocycles. The fourth-order valence-electron chi connectivity index (χ4n) is 12.0. The molecule has 0 unspecified atom stereocenters. The number of furan rings is 2. The van der Waals surface area contributed by atoms with Gasteiger partial charge in [0.05, 0.1) is 0 Å². The van der Waals surface area contributed by atoms with Crippen LogP contribution in [0.4, 0.5) is 28.4 Å². The van der Waals surface area contributed by atoms with E-state index < -0.39 is 0 Å². The third kappa shape index (κ3) is 6.06. The van der Waals surface area contributed by atoms with E-state index in [0.717, 1.165) is 80.1 Å². The molecule has 1 aliphatic carbocycles. The lowest BCUT2D eigenvalue weighted by molar-refractivity contribution is 0.332. The Hall–Kier alpha value is -6.98. The van der Waals surface area contributed by atoms with Crippen LogP contribution in [0.2, 0.25) is 0 Å². The van der Waals surface area contributed by atoms with Gasteiger partial charge in [-0.2, -0.15) is 0 Å². The third-order valence-corrected chi connectivity index (χ3v) is 15.8. The van der Waals surface area contributed by atoms with Crippen molar-refractivity contribution in [3.05, 3.63) is 179 Å². The second kappa shape index (κ2) is 14.0. The highest BCUT2D eigenvalue weighted by Gasteiger charge is 2.46. The topological polar surface area (TPSA) is 32.8 Å². The Morgan fingerprint density at radius 2 is 1.19 bits per heavy atom.